The Hall–Kier alpha value is -2.52. The maximum atomic E-state index is 13.5. The quantitative estimate of drug-likeness (QED) is 0.399. The van der Waals surface area contributed by atoms with E-state index in [1.165, 1.54) is 6.07 Å². The van der Waals surface area contributed by atoms with E-state index in [9.17, 15) is 14.0 Å². The Labute approximate surface area is 200 Å². The number of halogens is 3. The van der Waals surface area contributed by atoms with Gasteiger partial charge in [-0.15, -0.1) is 0 Å². The number of aldehydes is 1. The predicted molar refractivity (Wildman–Crippen MR) is 126 cm³/mol. The molecular weight excluding hydrogens is 468 g/mol. The number of carbonyl (C=O) groups excluding carboxylic acids is 2. The van der Waals surface area contributed by atoms with Gasteiger partial charge in [0.1, 0.15) is 17.8 Å². The highest BCUT2D eigenvalue weighted by molar-refractivity contribution is 6.35. The lowest BCUT2D eigenvalue weighted by atomic mass is 9.96. The second-order valence-electron chi connectivity index (χ2n) is 8.38. The molecule has 1 saturated heterocycles. The summed E-state index contributed by atoms with van der Waals surface area (Å²) >= 11 is 12.1. The second-order valence-corrected chi connectivity index (χ2v) is 9.19. The summed E-state index contributed by atoms with van der Waals surface area (Å²) in [7, 11) is 0. The number of amides is 1. The molecule has 33 heavy (non-hydrogen) atoms. The Morgan fingerprint density at radius 3 is 2.88 bits per heavy atom. The number of nitrogens with two attached hydrogens (primary N) is 1. The molecule has 0 spiro atoms. The Bertz CT molecular complexity index is 1170. The Balaban J connectivity index is 1.39. The monoisotopic (exact) mass is 491 g/mol. The molecule has 1 aromatic carbocycles. The van der Waals surface area contributed by atoms with E-state index in [1.807, 2.05) is 11.0 Å². The van der Waals surface area contributed by atoms with Crippen LogP contribution in [0.5, 0.6) is 0 Å². The van der Waals surface area contributed by atoms with Crippen LogP contribution in [0.15, 0.2) is 36.7 Å². The first kappa shape index (κ1) is 23.6. The molecule has 10 heteroatoms. The van der Waals surface area contributed by atoms with E-state index >= 15 is 0 Å². The second kappa shape index (κ2) is 10.2. The summed E-state index contributed by atoms with van der Waals surface area (Å²) in [6.45, 7) is 1.36. The molecule has 3 atom stereocenters. The lowest BCUT2D eigenvalue weighted by molar-refractivity contribution is -0.124. The number of pyridine rings is 1. The van der Waals surface area contributed by atoms with Crippen LogP contribution in [0, 0.1) is 11.7 Å². The van der Waals surface area contributed by atoms with Crippen LogP contribution in [-0.2, 0) is 22.6 Å². The van der Waals surface area contributed by atoms with E-state index < -0.39 is 23.8 Å². The smallest absolute Gasteiger partial charge is 0.234 e. The van der Waals surface area contributed by atoms with E-state index in [-0.39, 0.29) is 10.9 Å². The molecule has 4 N–H and O–H groups in total. The minimum atomic E-state index is -0.542. The van der Waals surface area contributed by atoms with Gasteiger partial charge in [-0.2, -0.15) is 0 Å². The summed E-state index contributed by atoms with van der Waals surface area (Å²) in [6.07, 6.45) is 5.41. The number of carbonyl (C=O) groups is 2. The highest BCUT2D eigenvalue weighted by atomic mass is 35.5. The fourth-order valence-electron chi connectivity index (χ4n) is 4.46. The molecule has 0 bridgehead atoms. The fraction of sp³-hybridized carbons (Fsp3) is 0.348. The normalized spacial score (nSPS) is 19.7. The third-order valence-electron chi connectivity index (χ3n) is 6.07. The number of hydrogen-bond acceptors (Lipinski definition) is 5. The molecule has 7 nitrogen and oxygen atoms in total. The lowest BCUT2D eigenvalue weighted by Crippen LogP contribution is -2.50. The predicted octanol–water partition coefficient (Wildman–Crippen LogP) is 3.08. The van der Waals surface area contributed by atoms with Crippen molar-refractivity contribution in [1.82, 2.24) is 20.2 Å². The topological polar surface area (TPSA) is 104 Å². The van der Waals surface area contributed by atoms with E-state index in [0.717, 1.165) is 22.8 Å². The van der Waals surface area contributed by atoms with Gasteiger partial charge in [0.2, 0.25) is 5.91 Å². The van der Waals surface area contributed by atoms with E-state index in [1.54, 1.807) is 24.5 Å². The molecular formula is C23H24Cl2FN5O2. The third-order valence-corrected chi connectivity index (χ3v) is 6.67. The number of nitrogens with zero attached hydrogens (tertiary/aromatic N) is 2. The first-order valence-corrected chi connectivity index (χ1v) is 11.4. The van der Waals surface area contributed by atoms with Crippen molar-refractivity contribution in [2.45, 2.75) is 31.5 Å². The first-order valence-electron chi connectivity index (χ1n) is 10.6. The molecule has 1 aliphatic heterocycles. The molecule has 0 aliphatic carbocycles. The average Bonchev–Trinajstić information content (AvgIpc) is 3.38. The zero-order valence-corrected chi connectivity index (χ0v) is 19.2. The number of aromatic amines is 1. The van der Waals surface area contributed by atoms with Gasteiger partial charge in [-0.3, -0.25) is 9.69 Å². The largest absolute Gasteiger partial charge is 0.368 e. The maximum Gasteiger partial charge on any atom is 0.234 e. The molecule has 2 unspecified atom stereocenters. The number of H-pyrrole nitrogens is 1. The lowest BCUT2D eigenvalue weighted by Gasteiger charge is -2.28. The van der Waals surface area contributed by atoms with Gasteiger partial charge in [-0.1, -0.05) is 29.3 Å². The molecule has 4 rings (SSSR count). The zero-order valence-electron chi connectivity index (χ0n) is 17.7. The molecule has 0 radical (unpaired) electrons. The number of rotatable bonds is 9. The minimum Gasteiger partial charge on any atom is -0.368 e. The highest BCUT2D eigenvalue weighted by Gasteiger charge is 2.39. The average molecular weight is 492 g/mol. The van der Waals surface area contributed by atoms with Gasteiger partial charge < -0.3 is 20.8 Å². The summed E-state index contributed by atoms with van der Waals surface area (Å²) in [5, 5.41) is 4.76. The minimum absolute atomic E-state index is 0.0670. The Kier molecular flexibility index (Phi) is 7.29. The molecule has 0 saturated carbocycles. The standard InChI is InChI=1S/C23H24Cl2FN5O2/c24-18-5-13(1-2-20(18)26)3-14-6-21(22(27)33)31(11-14)16(12-32)9-28-7-15-4-17-19(25)10-30-23(17)29-8-15/h1-2,4-5,8,10,12,14,16,21,28H,3,6-7,9,11H2,(H2,27,33)(H,29,30)/t14?,16?,21-/m0/s1. The molecule has 2 aromatic heterocycles. The van der Waals surface area contributed by atoms with Gasteiger partial charge in [0.05, 0.1) is 22.1 Å². The molecule has 1 amide bonds. The number of likely N-dealkylation sites (tertiary alicyclic amines) is 1. The first-order chi connectivity index (χ1) is 15.9. The van der Waals surface area contributed by atoms with Crippen molar-refractivity contribution in [3.63, 3.8) is 0 Å². The molecule has 3 aromatic rings. The number of hydrogen-bond donors (Lipinski definition) is 3. The van der Waals surface area contributed by atoms with Crippen LogP contribution in [-0.4, -0.2) is 52.2 Å². The highest BCUT2D eigenvalue weighted by Crippen LogP contribution is 2.29. The summed E-state index contributed by atoms with van der Waals surface area (Å²) in [5.74, 6) is -0.837. The van der Waals surface area contributed by atoms with Crippen LogP contribution in [0.1, 0.15) is 17.5 Å². The summed E-state index contributed by atoms with van der Waals surface area (Å²) in [4.78, 5) is 33.2. The zero-order chi connectivity index (χ0) is 23.5. The third kappa shape index (κ3) is 5.35. The van der Waals surface area contributed by atoms with Crippen molar-refractivity contribution in [2.75, 3.05) is 13.1 Å². The van der Waals surface area contributed by atoms with Gasteiger partial charge in [-0.25, -0.2) is 9.37 Å². The molecule has 1 fully saturated rings. The van der Waals surface area contributed by atoms with Gasteiger partial charge in [0.25, 0.3) is 0 Å². The Morgan fingerprint density at radius 2 is 2.15 bits per heavy atom. The van der Waals surface area contributed by atoms with Gasteiger partial charge >= 0.3 is 0 Å². The SMILES string of the molecule is NC(=O)[C@@H]1CC(Cc2ccc(F)c(Cl)c2)CN1C(C=O)CNCc1cnc2[nH]cc(Cl)c2c1. The van der Waals surface area contributed by atoms with E-state index in [4.69, 9.17) is 28.9 Å². The van der Waals surface area contributed by atoms with Gasteiger partial charge in [0.15, 0.2) is 0 Å². The van der Waals surface area contributed by atoms with Crippen LogP contribution < -0.4 is 11.1 Å². The Morgan fingerprint density at radius 1 is 1.33 bits per heavy atom. The van der Waals surface area contributed by atoms with Crippen LogP contribution in [0.4, 0.5) is 4.39 Å². The van der Waals surface area contributed by atoms with Crippen molar-refractivity contribution in [2.24, 2.45) is 11.7 Å². The molecule has 174 valence electrons. The number of aromatic nitrogens is 2. The van der Waals surface area contributed by atoms with Crippen molar-refractivity contribution in [3.05, 3.63) is 63.6 Å². The number of nitrogens with one attached hydrogen (secondary N) is 2. The van der Waals surface area contributed by atoms with E-state index in [2.05, 4.69) is 15.3 Å². The summed E-state index contributed by atoms with van der Waals surface area (Å²) < 4.78 is 13.5. The van der Waals surface area contributed by atoms with E-state index in [0.29, 0.717) is 43.1 Å². The van der Waals surface area contributed by atoms with Crippen molar-refractivity contribution < 1.29 is 14.0 Å². The van der Waals surface area contributed by atoms with Crippen LogP contribution in [0.3, 0.4) is 0 Å². The van der Waals surface area contributed by atoms with Crippen molar-refractivity contribution in [1.29, 1.82) is 0 Å². The summed E-state index contributed by atoms with van der Waals surface area (Å²) in [5.41, 5.74) is 8.16. The van der Waals surface area contributed by atoms with Gasteiger partial charge in [-0.05, 0) is 48.1 Å². The van der Waals surface area contributed by atoms with Crippen LogP contribution in [0.25, 0.3) is 11.0 Å². The number of primary amides is 1. The van der Waals surface area contributed by atoms with Crippen LogP contribution in [0.2, 0.25) is 10.0 Å². The van der Waals surface area contributed by atoms with Crippen LogP contribution >= 0.6 is 23.2 Å². The van der Waals surface area contributed by atoms with Crippen molar-refractivity contribution >= 4 is 46.4 Å². The number of benzene rings is 1. The fourth-order valence-corrected chi connectivity index (χ4v) is 4.87. The molecule has 1 aliphatic rings. The maximum absolute atomic E-state index is 13.5. The molecule has 3 heterocycles. The summed E-state index contributed by atoms with van der Waals surface area (Å²) in [6, 6.07) is 5.50. The van der Waals surface area contributed by atoms with Crippen molar-refractivity contribution in [3.8, 4) is 0 Å². The van der Waals surface area contributed by atoms with Gasteiger partial charge in [0, 0.05) is 37.4 Å². The number of fused-ring (bicyclic) bond motifs is 1.